The number of esters is 2. The molecule has 214 valence electrons. The molecule has 36 heavy (non-hydrogen) atoms. The van der Waals surface area contributed by atoms with E-state index in [1.54, 1.807) is 0 Å². The summed E-state index contributed by atoms with van der Waals surface area (Å²) >= 11 is 0. The summed E-state index contributed by atoms with van der Waals surface area (Å²) in [6.07, 6.45) is 20.1. The minimum absolute atomic E-state index is 0.103. The molecule has 0 amide bonds. The molecule has 0 bridgehead atoms. The summed E-state index contributed by atoms with van der Waals surface area (Å²) in [5, 5.41) is 9.91. The summed E-state index contributed by atoms with van der Waals surface area (Å²) in [5.74, 6) is -1.98. The van der Waals surface area contributed by atoms with Crippen molar-refractivity contribution in [3.8, 4) is 0 Å². The molecule has 0 aliphatic heterocycles. The van der Waals surface area contributed by atoms with Crippen LogP contribution < -0.4 is 0 Å². The number of unbranched alkanes of at least 4 members (excludes halogenated alkanes) is 20. The van der Waals surface area contributed by atoms with E-state index < -0.39 is 31.1 Å². The molecule has 1 N–H and O–H groups in total. The molecule has 0 radical (unpaired) electrons. The largest absolute Gasteiger partial charge is 0.462 e. The second-order valence-corrected chi connectivity index (χ2v) is 10.1. The third-order valence-electron chi connectivity index (χ3n) is 6.54. The van der Waals surface area contributed by atoms with Gasteiger partial charge in [-0.2, -0.15) is 0 Å². The van der Waals surface area contributed by atoms with Crippen LogP contribution in [0.5, 0.6) is 0 Å². The molecule has 0 fully saturated rings. The Hall–Kier alpha value is -1.10. The molecule has 0 saturated heterocycles. The average molecular weight is 518 g/mol. The van der Waals surface area contributed by atoms with Crippen molar-refractivity contribution >= 4 is 11.9 Å². The summed E-state index contributed by atoms with van der Waals surface area (Å²) in [6, 6.07) is 0. The number of ether oxygens (including phenoxy) is 2. The lowest BCUT2D eigenvalue weighted by Gasteiger charge is -2.15. The minimum atomic E-state index is -3.60. The number of rotatable bonds is 28. The summed E-state index contributed by atoms with van der Waals surface area (Å²) in [5.41, 5.74) is 0. The van der Waals surface area contributed by atoms with Crippen LogP contribution >= 0.6 is 0 Å². The molecule has 0 aliphatic rings. The fourth-order valence-electron chi connectivity index (χ4n) is 4.25. The molecule has 0 rings (SSSR count). The summed E-state index contributed by atoms with van der Waals surface area (Å²) in [4.78, 5) is 24.6. The molecule has 1 unspecified atom stereocenters. The molecule has 1 atom stereocenters. The normalized spacial score (nSPS) is 15.7. The molecular formula is C31H60O5. The summed E-state index contributed by atoms with van der Waals surface area (Å²) in [7, 11) is 0. The van der Waals surface area contributed by atoms with E-state index >= 15 is 0 Å². The van der Waals surface area contributed by atoms with E-state index in [2.05, 4.69) is 13.8 Å². The Kier molecular flexibility index (Phi) is 21.0. The Morgan fingerprint density at radius 2 is 0.944 bits per heavy atom. The van der Waals surface area contributed by atoms with Gasteiger partial charge in [-0.15, -0.1) is 0 Å². The van der Waals surface area contributed by atoms with Crippen LogP contribution in [-0.2, 0) is 19.1 Å². The van der Waals surface area contributed by atoms with Crippen LogP contribution in [-0.4, -0.2) is 36.2 Å². The van der Waals surface area contributed by atoms with E-state index in [4.69, 9.17) is 16.3 Å². The first kappa shape index (κ1) is 26.5. The number of carbonyl (C=O) groups excluding carboxylic acids is 2. The number of hydrogen-bond donors (Lipinski definition) is 1. The highest BCUT2D eigenvalue weighted by Crippen LogP contribution is 2.14. The summed E-state index contributed by atoms with van der Waals surface area (Å²) < 4.78 is 49.0. The van der Waals surface area contributed by atoms with Crippen LogP contribution in [0.15, 0.2) is 0 Å². The zero-order chi connectivity index (χ0) is 31.0. The first-order valence-electron chi connectivity index (χ1n) is 17.6. The number of hydrogen-bond acceptors (Lipinski definition) is 5. The molecule has 0 saturated carbocycles. The Morgan fingerprint density at radius 1 is 0.611 bits per heavy atom. The zero-order valence-corrected chi connectivity index (χ0v) is 23.6. The monoisotopic (exact) mass is 517 g/mol. The van der Waals surface area contributed by atoms with Gasteiger partial charge in [0.2, 0.25) is 0 Å². The fraction of sp³-hybridized carbons (Fsp3) is 0.935. The van der Waals surface area contributed by atoms with E-state index in [-0.39, 0.29) is 12.8 Å². The lowest BCUT2D eigenvalue weighted by atomic mass is 10.1. The van der Waals surface area contributed by atoms with Gasteiger partial charge in [-0.05, 0) is 12.8 Å². The Bertz CT molecular complexity index is 672. The molecule has 0 aliphatic carbocycles. The Morgan fingerprint density at radius 3 is 1.31 bits per heavy atom. The van der Waals surface area contributed by atoms with Crippen molar-refractivity contribution in [1.29, 1.82) is 0 Å². The van der Waals surface area contributed by atoms with Gasteiger partial charge >= 0.3 is 11.9 Å². The van der Waals surface area contributed by atoms with Crippen LogP contribution in [0.1, 0.15) is 175 Å². The molecule has 5 heteroatoms. The smallest absolute Gasteiger partial charge is 0.306 e. The Balaban J connectivity index is 4.36. The van der Waals surface area contributed by atoms with E-state index in [0.717, 1.165) is 51.4 Å². The first-order chi connectivity index (χ1) is 19.4. The third kappa shape index (κ3) is 26.0. The van der Waals surface area contributed by atoms with Crippen molar-refractivity contribution in [2.45, 2.75) is 174 Å². The first-order valence-corrected chi connectivity index (χ1v) is 15.1. The maximum Gasteiger partial charge on any atom is 0.306 e. The number of aliphatic hydroxyl groups is 1. The number of carbonyl (C=O) groups is 2. The van der Waals surface area contributed by atoms with Crippen LogP contribution in [0.3, 0.4) is 0 Å². The van der Waals surface area contributed by atoms with E-state index in [1.807, 2.05) is 0 Å². The van der Waals surface area contributed by atoms with Crippen LogP contribution in [0.25, 0.3) is 0 Å². The van der Waals surface area contributed by atoms with E-state index in [1.165, 1.54) is 77.0 Å². The van der Waals surface area contributed by atoms with Crippen molar-refractivity contribution in [1.82, 2.24) is 0 Å². The average Bonchev–Trinajstić information content (AvgIpc) is 2.89. The van der Waals surface area contributed by atoms with Gasteiger partial charge in [-0.25, -0.2) is 0 Å². The lowest BCUT2D eigenvalue weighted by molar-refractivity contribution is -0.161. The minimum Gasteiger partial charge on any atom is -0.462 e. The van der Waals surface area contributed by atoms with Crippen LogP contribution in [0, 0.1) is 0 Å². The molecule has 5 nitrogen and oxygen atoms in total. The molecule has 0 spiro atoms. The predicted octanol–water partition coefficient (Wildman–Crippen LogP) is 8.84. The van der Waals surface area contributed by atoms with Gasteiger partial charge in [0.15, 0.2) is 6.08 Å². The lowest BCUT2D eigenvalue weighted by Crippen LogP contribution is -2.28. The SMILES string of the molecule is [2H]C([2H])(O)C([2H])(OC(=O)CCCCCCCCCCCCC)C([2H])([2H])OC(=O)CCCCCCCCCCCCC. The maximum atomic E-state index is 12.4. The summed E-state index contributed by atoms with van der Waals surface area (Å²) in [6.45, 7) is -2.58. The fourth-order valence-corrected chi connectivity index (χ4v) is 4.25. The second-order valence-electron chi connectivity index (χ2n) is 10.1. The second kappa shape index (κ2) is 28.5. The van der Waals surface area contributed by atoms with E-state index in [9.17, 15) is 14.7 Å². The van der Waals surface area contributed by atoms with Crippen molar-refractivity contribution in [3.63, 3.8) is 0 Å². The topological polar surface area (TPSA) is 72.8 Å². The molecule has 0 aromatic carbocycles. The van der Waals surface area contributed by atoms with Gasteiger partial charge in [-0.1, -0.05) is 142 Å². The highest BCUT2D eigenvalue weighted by Gasteiger charge is 2.16. The van der Waals surface area contributed by atoms with Gasteiger partial charge in [0.05, 0.1) is 13.4 Å². The van der Waals surface area contributed by atoms with Crippen molar-refractivity contribution < 1.29 is 31.0 Å². The predicted molar refractivity (Wildman–Crippen MR) is 150 cm³/mol. The van der Waals surface area contributed by atoms with Gasteiger partial charge in [0.1, 0.15) is 6.56 Å². The molecule has 0 aromatic rings. The zero-order valence-electron chi connectivity index (χ0n) is 28.6. The van der Waals surface area contributed by atoms with Crippen LogP contribution in [0.4, 0.5) is 0 Å². The van der Waals surface area contributed by atoms with Crippen molar-refractivity contribution in [2.75, 3.05) is 13.1 Å². The molecule has 0 heterocycles. The van der Waals surface area contributed by atoms with Crippen molar-refractivity contribution in [2.24, 2.45) is 0 Å². The Labute approximate surface area is 230 Å². The molecular weight excluding hydrogens is 452 g/mol. The maximum absolute atomic E-state index is 12.4. The standard InChI is InChI=1S/C31H60O5/c1-3-5-7-9-11-13-15-17-19-21-23-25-30(33)35-28-29(27-32)36-31(34)26-24-22-20-18-16-14-12-10-8-6-4-2/h29,32H,3-28H2,1-2H3/i27D2,28D2,29D. The highest BCUT2D eigenvalue weighted by molar-refractivity contribution is 5.70. The van der Waals surface area contributed by atoms with Gasteiger partial charge < -0.3 is 14.6 Å². The molecule has 0 aromatic heterocycles. The van der Waals surface area contributed by atoms with Crippen LogP contribution in [0.2, 0.25) is 0 Å². The quantitative estimate of drug-likeness (QED) is 0.0828. The van der Waals surface area contributed by atoms with Gasteiger partial charge in [-0.3, -0.25) is 9.59 Å². The third-order valence-corrected chi connectivity index (χ3v) is 6.54. The van der Waals surface area contributed by atoms with Crippen molar-refractivity contribution in [3.05, 3.63) is 0 Å². The van der Waals surface area contributed by atoms with Gasteiger partial charge in [0, 0.05) is 12.8 Å². The highest BCUT2D eigenvalue weighted by atomic mass is 16.6. The van der Waals surface area contributed by atoms with Gasteiger partial charge in [0.25, 0.3) is 0 Å². The van der Waals surface area contributed by atoms with E-state index in [0.29, 0.717) is 12.8 Å².